The Labute approximate surface area is 183 Å². The van der Waals surface area contributed by atoms with Crippen molar-refractivity contribution >= 4 is 6.08 Å². The smallest absolute Gasteiger partial charge is 0.165 e. The molecular weight excluding hydrogens is 387 g/mol. The summed E-state index contributed by atoms with van der Waals surface area (Å²) in [6.45, 7) is 5.21. The number of halogens is 1. The van der Waals surface area contributed by atoms with E-state index in [1.807, 2.05) is 18.2 Å². The van der Waals surface area contributed by atoms with Crippen LogP contribution in [0.3, 0.4) is 0 Å². The lowest BCUT2D eigenvalue weighted by Gasteiger charge is -2.39. The van der Waals surface area contributed by atoms with Gasteiger partial charge in [-0.3, -0.25) is 9.80 Å². The number of ether oxygens (including phenoxy) is 1. The highest BCUT2D eigenvalue weighted by atomic mass is 19.1. The maximum absolute atomic E-state index is 14.6. The van der Waals surface area contributed by atoms with Crippen molar-refractivity contribution in [3.63, 3.8) is 0 Å². The lowest BCUT2D eigenvalue weighted by molar-refractivity contribution is 0.117. The van der Waals surface area contributed by atoms with E-state index >= 15 is 0 Å². The third kappa shape index (κ3) is 4.27. The van der Waals surface area contributed by atoms with E-state index in [1.165, 1.54) is 17.2 Å². The van der Waals surface area contributed by atoms with Crippen LogP contribution in [0.15, 0.2) is 78.9 Å². The Morgan fingerprint density at radius 1 is 0.839 bits per heavy atom. The summed E-state index contributed by atoms with van der Waals surface area (Å²) >= 11 is 0. The fourth-order valence-electron chi connectivity index (χ4n) is 4.64. The first-order valence-corrected chi connectivity index (χ1v) is 11.0. The first-order valence-electron chi connectivity index (χ1n) is 11.0. The van der Waals surface area contributed by atoms with Gasteiger partial charge >= 0.3 is 0 Å². The zero-order valence-electron chi connectivity index (χ0n) is 17.6. The minimum atomic E-state index is -0.278. The molecule has 5 rings (SSSR count). The van der Waals surface area contributed by atoms with E-state index in [1.54, 1.807) is 6.07 Å². The van der Waals surface area contributed by atoms with Crippen LogP contribution in [0.2, 0.25) is 0 Å². The van der Waals surface area contributed by atoms with Crippen LogP contribution in [0.1, 0.15) is 28.3 Å². The van der Waals surface area contributed by atoms with Crippen molar-refractivity contribution in [3.05, 3.63) is 107 Å². The van der Waals surface area contributed by atoms with Crippen LogP contribution >= 0.6 is 0 Å². The van der Waals surface area contributed by atoms with Gasteiger partial charge in [-0.15, -0.1) is 0 Å². The summed E-state index contributed by atoms with van der Waals surface area (Å²) in [5, 5.41) is 0. The first-order chi connectivity index (χ1) is 15.3. The Morgan fingerprint density at radius 2 is 1.58 bits per heavy atom. The molecule has 3 nitrogen and oxygen atoms in total. The van der Waals surface area contributed by atoms with Crippen molar-refractivity contribution in [3.8, 4) is 5.75 Å². The lowest BCUT2D eigenvalue weighted by atomic mass is 9.93. The van der Waals surface area contributed by atoms with Crippen LogP contribution in [0.25, 0.3) is 6.08 Å². The maximum Gasteiger partial charge on any atom is 0.165 e. The lowest BCUT2D eigenvalue weighted by Crippen LogP contribution is -2.47. The van der Waals surface area contributed by atoms with E-state index in [0.717, 1.165) is 43.9 Å². The van der Waals surface area contributed by atoms with Gasteiger partial charge in [-0.1, -0.05) is 78.9 Å². The standard InChI is InChI=1S/C27H27FN2O/c28-25-14-6-13-24-26(23-12-5-4-11-22(23)20-31-27(24)25)30-18-16-29(17-19-30)15-7-10-21-8-2-1-3-9-21/h1-14,26H,15-20H2/b10-7+. The summed E-state index contributed by atoms with van der Waals surface area (Å²) in [6, 6.07) is 24.1. The first kappa shape index (κ1) is 20.0. The molecule has 3 aromatic rings. The molecule has 1 unspecified atom stereocenters. The molecular formula is C27H27FN2O. The molecule has 0 bridgehead atoms. The summed E-state index contributed by atoms with van der Waals surface area (Å²) in [6.07, 6.45) is 4.43. The molecule has 3 aromatic carbocycles. The number of hydrogen-bond acceptors (Lipinski definition) is 3. The number of hydrogen-bond donors (Lipinski definition) is 0. The average Bonchev–Trinajstić information content (AvgIpc) is 2.98. The molecule has 31 heavy (non-hydrogen) atoms. The van der Waals surface area contributed by atoms with Gasteiger partial charge < -0.3 is 4.74 Å². The second-order valence-corrected chi connectivity index (χ2v) is 8.20. The van der Waals surface area contributed by atoms with Crippen LogP contribution < -0.4 is 4.74 Å². The van der Waals surface area contributed by atoms with Crippen molar-refractivity contribution in [1.29, 1.82) is 0 Å². The summed E-state index contributed by atoms with van der Waals surface area (Å²) < 4.78 is 20.5. The monoisotopic (exact) mass is 414 g/mol. The van der Waals surface area contributed by atoms with Gasteiger partial charge in [-0.2, -0.15) is 0 Å². The molecule has 0 spiro atoms. The van der Waals surface area contributed by atoms with Crippen LogP contribution in [0, 0.1) is 5.82 Å². The SMILES string of the molecule is Fc1cccc2c1OCc1ccccc1C2N1CCN(C/C=C/c2ccccc2)CC1. The van der Waals surface area contributed by atoms with Crippen LogP contribution in [0.5, 0.6) is 5.75 Å². The summed E-state index contributed by atoms with van der Waals surface area (Å²) in [5.41, 5.74) is 4.53. The van der Waals surface area contributed by atoms with E-state index in [0.29, 0.717) is 12.4 Å². The molecule has 0 amide bonds. The number of benzene rings is 3. The van der Waals surface area contributed by atoms with Gasteiger partial charge in [-0.25, -0.2) is 4.39 Å². The fourth-order valence-corrected chi connectivity index (χ4v) is 4.64. The predicted molar refractivity (Wildman–Crippen MR) is 123 cm³/mol. The number of rotatable bonds is 4. The Balaban J connectivity index is 1.33. The third-order valence-corrected chi connectivity index (χ3v) is 6.26. The van der Waals surface area contributed by atoms with E-state index in [9.17, 15) is 4.39 Å². The molecule has 0 N–H and O–H groups in total. The molecule has 0 saturated carbocycles. The fraction of sp³-hybridized carbons (Fsp3) is 0.259. The van der Waals surface area contributed by atoms with E-state index in [2.05, 4.69) is 64.4 Å². The van der Waals surface area contributed by atoms with Crippen LogP contribution in [0.4, 0.5) is 4.39 Å². The molecule has 0 radical (unpaired) electrons. The Morgan fingerprint density at radius 3 is 2.42 bits per heavy atom. The highest BCUT2D eigenvalue weighted by Gasteiger charge is 2.32. The number of nitrogens with zero attached hydrogens (tertiary/aromatic N) is 2. The van der Waals surface area contributed by atoms with E-state index < -0.39 is 0 Å². The number of para-hydroxylation sites is 1. The van der Waals surface area contributed by atoms with Gasteiger partial charge in [0.15, 0.2) is 11.6 Å². The van der Waals surface area contributed by atoms with Crippen molar-refractivity contribution in [2.75, 3.05) is 32.7 Å². The van der Waals surface area contributed by atoms with Gasteiger partial charge in [-0.05, 0) is 22.8 Å². The Hall–Kier alpha value is -2.95. The second kappa shape index (κ2) is 9.04. The summed E-state index contributed by atoms with van der Waals surface area (Å²) in [7, 11) is 0. The van der Waals surface area contributed by atoms with Crippen molar-refractivity contribution in [2.24, 2.45) is 0 Å². The molecule has 2 aliphatic rings. The minimum absolute atomic E-state index is 0.0198. The van der Waals surface area contributed by atoms with Gasteiger partial charge in [0, 0.05) is 38.3 Å². The molecule has 1 fully saturated rings. The molecule has 158 valence electrons. The predicted octanol–water partition coefficient (Wildman–Crippen LogP) is 5.14. The van der Waals surface area contributed by atoms with Crippen molar-refractivity contribution in [2.45, 2.75) is 12.6 Å². The molecule has 0 aliphatic carbocycles. The summed E-state index contributed by atoms with van der Waals surface area (Å²) in [5.74, 6) is 0.122. The molecule has 1 atom stereocenters. The van der Waals surface area contributed by atoms with Crippen LogP contribution in [-0.2, 0) is 6.61 Å². The molecule has 0 aromatic heterocycles. The molecule has 4 heteroatoms. The van der Waals surface area contributed by atoms with Crippen LogP contribution in [-0.4, -0.2) is 42.5 Å². The van der Waals surface area contributed by atoms with Gasteiger partial charge in [0.1, 0.15) is 6.61 Å². The number of fused-ring (bicyclic) bond motifs is 2. The Kier molecular flexibility index (Phi) is 5.83. The van der Waals surface area contributed by atoms with Crippen molar-refractivity contribution < 1.29 is 9.13 Å². The topological polar surface area (TPSA) is 15.7 Å². The normalized spacial score (nSPS) is 19.5. The molecule has 1 saturated heterocycles. The Bertz CT molecular complexity index is 1060. The second-order valence-electron chi connectivity index (χ2n) is 8.20. The van der Waals surface area contributed by atoms with Gasteiger partial charge in [0.05, 0.1) is 6.04 Å². The highest BCUT2D eigenvalue weighted by molar-refractivity contribution is 5.49. The average molecular weight is 415 g/mol. The number of piperazine rings is 1. The maximum atomic E-state index is 14.6. The quantitative estimate of drug-likeness (QED) is 0.588. The third-order valence-electron chi connectivity index (χ3n) is 6.26. The highest BCUT2D eigenvalue weighted by Crippen LogP contribution is 2.41. The molecule has 2 heterocycles. The summed E-state index contributed by atoms with van der Waals surface area (Å²) in [4.78, 5) is 4.95. The minimum Gasteiger partial charge on any atom is -0.485 e. The zero-order chi connectivity index (χ0) is 21.0. The van der Waals surface area contributed by atoms with Gasteiger partial charge in [0.25, 0.3) is 0 Å². The van der Waals surface area contributed by atoms with E-state index in [4.69, 9.17) is 4.74 Å². The zero-order valence-corrected chi connectivity index (χ0v) is 17.6. The van der Waals surface area contributed by atoms with Crippen molar-refractivity contribution in [1.82, 2.24) is 9.80 Å². The molecule has 2 aliphatic heterocycles. The largest absolute Gasteiger partial charge is 0.485 e. The van der Waals surface area contributed by atoms with E-state index in [-0.39, 0.29) is 11.9 Å². The van der Waals surface area contributed by atoms with Gasteiger partial charge in [0.2, 0.25) is 0 Å².